The number of phenols is 1. The zero-order valence-electron chi connectivity index (χ0n) is 12.2. The van der Waals surface area contributed by atoms with Crippen LogP contribution in [0.4, 0.5) is 0 Å². The first-order valence-electron chi connectivity index (χ1n) is 6.75. The number of carbonyl (C=O) groups excluding carboxylic acids is 1. The summed E-state index contributed by atoms with van der Waals surface area (Å²) in [5.41, 5.74) is 3.10. The molecule has 0 atom stereocenters. The van der Waals surface area contributed by atoms with Crippen molar-refractivity contribution in [1.29, 1.82) is 0 Å². The van der Waals surface area contributed by atoms with Gasteiger partial charge < -0.3 is 9.84 Å². The van der Waals surface area contributed by atoms with Crippen molar-refractivity contribution in [1.82, 2.24) is 5.43 Å². The summed E-state index contributed by atoms with van der Waals surface area (Å²) in [6, 6.07) is 9.68. The largest absolute Gasteiger partial charge is 0.507 e. The number of benzene rings is 2. The molecule has 2 aromatic carbocycles. The van der Waals surface area contributed by atoms with Gasteiger partial charge in [0.2, 0.25) is 0 Å². The van der Waals surface area contributed by atoms with Gasteiger partial charge >= 0.3 is 0 Å². The molecule has 0 unspecified atom stereocenters. The summed E-state index contributed by atoms with van der Waals surface area (Å²) < 4.78 is 6.35. The Hall–Kier alpha value is -2.05. The number of hydrogen-bond acceptors (Lipinski definition) is 4. The molecule has 0 fully saturated rings. The van der Waals surface area contributed by atoms with Crippen molar-refractivity contribution < 1.29 is 14.6 Å². The topological polar surface area (TPSA) is 70.9 Å². The van der Waals surface area contributed by atoms with Crippen molar-refractivity contribution >= 4 is 39.7 Å². The maximum atomic E-state index is 12.0. The van der Waals surface area contributed by atoms with Gasteiger partial charge in [0.05, 0.1) is 18.4 Å². The standard InChI is InChI=1S/C16H14BrClN2O3/c1-2-23-15-6-3-11(17)7-10(15)9-19-20-16(22)13-8-12(18)4-5-14(13)21/h3-9,21H,2H2,1H3,(H,20,22)/b19-9-. The molecule has 0 heterocycles. The molecule has 120 valence electrons. The predicted octanol–water partition coefficient (Wildman–Crippen LogP) is 3.97. The second kappa shape index (κ2) is 7.99. The molecule has 0 aromatic heterocycles. The van der Waals surface area contributed by atoms with Gasteiger partial charge in [0.1, 0.15) is 11.5 Å². The molecular formula is C16H14BrClN2O3. The van der Waals surface area contributed by atoms with Crippen LogP contribution >= 0.6 is 27.5 Å². The highest BCUT2D eigenvalue weighted by Gasteiger charge is 2.11. The first-order valence-corrected chi connectivity index (χ1v) is 7.92. The third-order valence-corrected chi connectivity index (χ3v) is 3.57. The van der Waals surface area contributed by atoms with Gasteiger partial charge in [0, 0.05) is 15.1 Å². The zero-order chi connectivity index (χ0) is 16.8. The lowest BCUT2D eigenvalue weighted by atomic mass is 10.2. The Labute approximate surface area is 147 Å². The van der Waals surface area contributed by atoms with E-state index >= 15 is 0 Å². The van der Waals surface area contributed by atoms with E-state index in [1.807, 2.05) is 19.1 Å². The normalized spacial score (nSPS) is 10.7. The summed E-state index contributed by atoms with van der Waals surface area (Å²) in [7, 11) is 0. The number of phenolic OH excluding ortho intramolecular Hbond substituents is 1. The third kappa shape index (κ3) is 4.71. The lowest BCUT2D eigenvalue weighted by molar-refractivity contribution is 0.0952. The molecule has 0 saturated carbocycles. The van der Waals surface area contributed by atoms with Gasteiger partial charge in [-0.1, -0.05) is 27.5 Å². The fourth-order valence-electron chi connectivity index (χ4n) is 1.82. The number of amides is 1. The molecule has 0 aliphatic carbocycles. The van der Waals surface area contributed by atoms with Crippen LogP contribution in [0, 0.1) is 0 Å². The average molecular weight is 398 g/mol. The van der Waals surface area contributed by atoms with Crippen LogP contribution in [0.5, 0.6) is 11.5 Å². The maximum absolute atomic E-state index is 12.0. The van der Waals surface area contributed by atoms with E-state index in [1.165, 1.54) is 24.4 Å². The molecular weight excluding hydrogens is 384 g/mol. The van der Waals surface area contributed by atoms with Crippen molar-refractivity contribution in [3.63, 3.8) is 0 Å². The van der Waals surface area contributed by atoms with Crippen molar-refractivity contribution in [3.8, 4) is 11.5 Å². The van der Waals surface area contributed by atoms with Gasteiger partial charge in [-0.3, -0.25) is 4.79 Å². The van der Waals surface area contributed by atoms with E-state index in [-0.39, 0.29) is 11.3 Å². The van der Waals surface area contributed by atoms with Crippen LogP contribution in [-0.4, -0.2) is 23.8 Å². The molecule has 1 amide bonds. The van der Waals surface area contributed by atoms with E-state index in [4.69, 9.17) is 16.3 Å². The van der Waals surface area contributed by atoms with E-state index in [0.717, 1.165) is 4.47 Å². The minimum Gasteiger partial charge on any atom is -0.507 e. The average Bonchev–Trinajstić information content (AvgIpc) is 2.52. The third-order valence-electron chi connectivity index (χ3n) is 2.84. The first kappa shape index (κ1) is 17.3. The van der Waals surface area contributed by atoms with Crippen LogP contribution in [0.3, 0.4) is 0 Å². The summed E-state index contributed by atoms with van der Waals surface area (Å²) in [5.74, 6) is -0.0759. The van der Waals surface area contributed by atoms with E-state index in [2.05, 4.69) is 26.5 Å². The first-order chi connectivity index (χ1) is 11.0. The smallest absolute Gasteiger partial charge is 0.275 e. The van der Waals surface area contributed by atoms with E-state index in [0.29, 0.717) is 22.9 Å². The highest BCUT2D eigenvalue weighted by Crippen LogP contribution is 2.22. The van der Waals surface area contributed by atoms with Crippen LogP contribution in [0.25, 0.3) is 0 Å². The number of hydrazone groups is 1. The van der Waals surface area contributed by atoms with E-state index < -0.39 is 5.91 Å². The molecule has 2 rings (SSSR count). The van der Waals surface area contributed by atoms with Crippen molar-refractivity contribution in [2.24, 2.45) is 5.10 Å². The zero-order valence-corrected chi connectivity index (χ0v) is 14.6. The number of halogens is 2. The highest BCUT2D eigenvalue weighted by atomic mass is 79.9. The van der Waals surface area contributed by atoms with Crippen LogP contribution in [0.15, 0.2) is 46.0 Å². The quantitative estimate of drug-likeness (QED) is 0.592. The number of rotatable bonds is 5. The van der Waals surface area contributed by atoms with Gasteiger partial charge in [-0.05, 0) is 43.3 Å². The summed E-state index contributed by atoms with van der Waals surface area (Å²) in [6.45, 7) is 2.40. The number of ether oxygens (including phenoxy) is 1. The molecule has 0 aliphatic heterocycles. The minimum absolute atomic E-state index is 0.0499. The highest BCUT2D eigenvalue weighted by molar-refractivity contribution is 9.10. The molecule has 5 nitrogen and oxygen atoms in total. The van der Waals surface area contributed by atoms with Gasteiger partial charge in [-0.2, -0.15) is 5.10 Å². The molecule has 0 saturated heterocycles. The second-order valence-corrected chi connectivity index (χ2v) is 5.83. The summed E-state index contributed by atoms with van der Waals surface area (Å²) in [5, 5.41) is 13.9. The minimum atomic E-state index is -0.561. The van der Waals surface area contributed by atoms with Gasteiger partial charge in [0.25, 0.3) is 5.91 Å². The lowest BCUT2D eigenvalue weighted by Gasteiger charge is -2.07. The molecule has 23 heavy (non-hydrogen) atoms. The van der Waals surface area contributed by atoms with E-state index in [1.54, 1.807) is 6.07 Å². The molecule has 0 bridgehead atoms. The molecule has 7 heteroatoms. The predicted molar refractivity (Wildman–Crippen MR) is 93.5 cm³/mol. The van der Waals surface area contributed by atoms with Crippen LogP contribution in [0.1, 0.15) is 22.8 Å². The molecule has 0 radical (unpaired) electrons. The lowest BCUT2D eigenvalue weighted by Crippen LogP contribution is -2.17. The summed E-state index contributed by atoms with van der Waals surface area (Å²) in [6.07, 6.45) is 1.47. The number of hydrogen-bond donors (Lipinski definition) is 2. The van der Waals surface area contributed by atoms with Crippen molar-refractivity contribution in [2.45, 2.75) is 6.92 Å². The molecule has 0 spiro atoms. The fraction of sp³-hybridized carbons (Fsp3) is 0.125. The van der Waals surface area contributed by atoms with Crippen LogP contribution in [0.2, 0.25) is 5.02 Å². The number of carbonyl (C=O) groups is 1. The number of nitrogens with one attached hydrogen (secondary N) is 1. The van der Waals surface area contributed by atoms with Crippen LogP contribution in [-0.2, 0) is 0 Å². The van der Waals surface area contributed by atoms with Crippen molar-refractivity contribution in [2.75, 3.05) is 6.61 Å². The van der Waals surface area contributed by atoms with Crippen LogP contribution < -0.4 is 10.2 Å². The van der Waals surface area contributed by atoms with E-state index in [9.17, 15) is 9.90 Å². The number of aromatic hydroxyl groups is 1. The maximum Gasteiger partial charge on any atom is 0.275 e. The van der Waals surface area contributed by atoms with Crippen molar-refractivity contribution in [3.05, 3.63) is 57.0 Å². The number of nitrogens with zero attached hydrogens (tertiary/aromatic N) is 1. The Kier molecular flexibility index (Phi) is 6.01. The summed E-state index contributed by atoms with van der Waals surface area (Å²) >= 11 is 9.18. The Bertz CT molecular complexity index is 750. The fourth-order valence-corrected chi connectivity index (χ4v) is 2.37. The SMILES string of the molecule is CCOc1ccc(Br)cc1/C=N\NC(=O)c1cc(Cl)ccc1O. The second-order valence-electron chi connectivity index (χ2n) is 4.48. The Morgan fingerprint density at radius 3 is 2.91 bits per heavy atom. The molecule has 0 aliphatic rings. The molecule has 2 aromatic rings. The van der Waals surface area contributed by atoms with Gasteiger partial charge in [-0.25, -0.2) is 5.43 Å². The Morgan fingerprint density at radius 2 is 2.17 bits per heavy atom. The van der Waals surface area contributed by atoms with Gasteiger partial charge in [0.15, 0.2) is 0 Å². The monoisotopic (exact) mass is 396 g/mol. The Morgan fingerprint density at radius 1 is 1.39 bits per heavy atom. The summed E-state index contributed by atoms with van der Waals surface area (Å²) in [4.78, 5) is 12.0. The van der Waals surface area contributed by atoms with Gasteiger partial charge in [-0.15, -0.1) is 0 Å². The molecule has 2 N–H and O–H groups in total. The Balaban J connectivity index is 2.14.